The number of rotatable bonds is 0. The van der Waals surface area contributed by atoms with E-state index in [0.717, 1.165) is 11.3 Å². The predicted molar refractivity (Wildman–Crippen MR) is 29.4 cm³/mol. The Balaban J connectivity index is 3.19. The predicted octanol–water partition coefficient (Wildman–Crippen LogP) is 1.35. The van der Waals surface area contributed by atoms with Crippen molar-refractivity contribution >= 4 is 0 Å². The Bertz CT molecular complexity index is 171. The van der Waals surface area contributed by atoms with Gasteiger partial charge in [-0.1, -0.05) is 5.16 Å². The fourth-order valence-corrected chi connectivity index (χ4v) is 0.435. The maximum Gasteiger partial charge on any atom is 0.136 e. The molecular weight excluding hydrogens is 102 g/mol. The molecule has 0 unspecified atom stereocenters. The zero-order chi connectivity index (χ0) is 6.15. The molecule has 0 atom stereocenters. The summed E-state index contributed by atoms with van der Waals surface area (Å²) in [6, 6.07) is 0. The summed E-state index contributed by atoms with van der Waals surface area (Å²) in [5.41, 5.74) is 1.42. The second kappa shape index (κ2) is 1.62. The van der Waals surface area contributed by atoms with Crippen molar-refractivity contribution in [3.8, 4) is 0 Å². The summed E-state index contributed by atoms with van der Waals surface area (Å²) >= 11 is 0. The van der Waals surface area contributed by atoms with Crippen LogP contribution >= 0.6 is 0 Å². The highest BCUT2D eigenvalue weighted by Gasteiger charge is 2.00. The van der Waals surface area contributed by atoms with Gasteiger partial charge in [0.1, 0.15) is 5.76 Å². The number of nitrogens with zero attached hydrogens (tertiary/aromatic N) is 1. The van der Waals surface area contributed by atoms with Crippen LogP contribution in [0.1, 0.15) is 17.0 Å². The summed E-state index contributed by atoms with van der Waals surface area (Å²) in [5.74, 6) is 0.794. The summed E-state index contributed by atoms with van der Waals surface area (Å²) < 4.78 is 4.72. The van der Waals surface area contributed by atoms with Crippen molar-refractivity contribution in [3.05, 3.63) is 23.9 Å². The first-order valence-corrected chi connectivity index (χ1v) is 2.40. The Kier molecular flexibility index (Phi) is 1.08. The zero-order valence-corrected chi connectivity index (χ0v) is 4.93. The molecule has 2 heteroatoms. The minimum absolute atomic E-state index is 0.488. The fraction of sp³-hybridized carbons (Fsp3) is 0.333. The van der Waals surface area contributed by atoms with E-state index in [1.807, 2.05) is 13.8 Å². The SMILES string of the molecule is [CH]c1noc(C)c1C. The van der Waals surface area contributed by atoms with Gasteiger partial charge >= 0.3 is 0 Å². The molecule has 1 aromatic rings. The van der Waals surface area contributed by atoms with Crippen LogP contribution in [0.3, 0.4) is 0 Å². The van der Waals surface area contributed by atoms with Gasteiger partial charge in [0.25, 0.3) is 0 Å². The third-order valence-corrected chi connectivity index (χ3v) is 1.19. The maximum atomic E-state index is 5.34. The van der Waals surface area contributed by atoms with E-state index in [1.165, 1.54) is 0 Å². The summed E-state index contributed by atoms with van der Waals surface area (Å²) in [7, 11) is 0. The van der Waals surface area contributed by atoms with Crippen LogP contribution in [0.4, 0.5) is 0 Å². The molecule has 2 nitrogen and oxygen atoms in total. The van der Waals surface area contributed by atoms with Gasteiger partial charge in [-0.05, 0) is 13.8 Å². The number of aryl methyl sites for hydroxylation is 1. The largest absolute Gasteiger partial charge is 0.361 e. The summed E-state index contributed by atoms with van der Waals surface area (Å²) in [4.78, 5) is 0. The van der Waals surface area contributed by atoms with Crippen LogP contribution in [0.5, 0.6) is 0 Å². The van der Waals surface area contributed by atoms with Gasteiger partial charge in [0.2, 0.25) is 0 Å². The van der Waals surface area contributed by atoms with Crippen molar-refractivity contribution in [1.82, 2.24) is 5.16 Å². The Morgan fingerprint density at radius 1 is 1.50 bits per heavy atom. The lowest BCUT2D eigenvalue weighted by Gasteiger charge is -1.80. The minimum Gasteiger partial charge on any atom is -0.361 e. The van der Waals surface area contributed by atoms with E-state index in [9.17, 15) is 0 Å². The van der Waals surface area contributed by atoms with Crippen molar-refractivity contribution in [2.24, 2.45) is 0 Å². The molecule has 0 saturated heterocycles. The smallest absolute Gasteiger partial charge is 0.136 e. The van der Waals surface area contributed by atoms with Crippen LogP contribution in [0.25, 0.3) is 0 Å². The minimum atomic E-state index is 0.488. The van der Waals surface area contributed by atoms with Crippen molar-refractivity contribution in [3.63, 3.8) is 0 Å². The Hall–Kier alpha value is -0.790. The molecule has 1 rings (SSSR count). The van der Waals surface area contributed by atoms with E-state index in [1.54, 1.807) is 0 Å². The van der Waals surface area contributed by atoms with E-state index in [0.29, 0.717) is 5.69 Å². The molecule has 1 aromatic heterocycles. The van der Waals surface area contributed by atoms with Crippen LogP contribution in [0.15, 0.2) is 4.52 Å². The molecule has 42 valence electrons. The standard InChI is InChI=1S/C6H7NO/c1-4-5(2)7-8-6(4)3/h2H,1,3H3. The van der Waals surface area contributed by atoms with Gasteiger partial charge in [-0.3, -0.25) is 0 Å². The second-order valence-corrected chi connectivity index (χ2v) is 1.75. The molecule has 0 N–H and O–H groups in total. The highest BCUT2D eigenvalue weighted by Crippen LogP contribution is 2.08. The number of hydrogen-bond acceptors (Lipinski definition) is 2. The zero-order valence-electron chi connectivity index (χ0n) is 4.93. The lowest BCUT2D eigenvalue weighted by Crippen LogP contribution is -1.73. The van der Waals surface area contributed by atoms with E-state index >= 15 is 0 Å². The van der Waals surface area contributed by atoms with Crippen molar-refractivity contribution in [2.75, 3.05) is 0 Å². The topological polar surface area (TPSA) is 26.0 Å². The van der Waals surface area contributed by atoms with Crippen LogP contribution in [-0.4, -0.2) is 5.16 Å². The Labute approximate surface area is 48.5 Å². The van der Waals surface area contributed by atoms with Gasteiger partial charge < -0.3 is 4.52 Å². The van der Waals surface area contributed by atoms with Gasteiger partial charge in [-0.25, -0.2) is 0 Å². The molecule has 1 heterocycles. The molecule has 0 aliphatic carbocycles. The van der Waals surface area contributed by atoms with Crippen LogP contribution < -0.4 is 0 Å². The summed E-state index contributed by atoms with van der Waals surface area (Å²) in [6.07, 6.45) is 0. The van der Waals surface area contributed by atoms with Crippen LogP contribution in [0.2, 0.25) is 0 Å². The maximum absolute atomic E-state index is 5.34. The first-order chi connectivity index (χ1) is 3.72. The Morgan fingerprint density at radius 3 is 2.25 bits per heavy atom. The van der Waals surface area contributed by atoms with Gasteiger partial charge in [0, 0.05) is 12.5 Å². The second-order valence-electron chi connectivity index (χ2n) is 1.75. The van der Waals surface area contributed by atoms with Gasteiger partial charge in [-0.15, -0.1) is 0 Å². The number of aromatic nitrogens is 1. The quantitative estimate of drug-likeness (QED) is 0.502. The fourth-order valence-electron chi connectivity index (χ4n) is 0.435. The first kappa shape index (κ1) is 5.35. The Morgan fingerprint density at radius 2 is 2.12 bits per heavy atom. The van der Waals surface area contributed by atoms with E-state index in [-0.39, 0.29) is 0 Å². The highest BCUT2D eigenvalue weighted by atomic mass is 16.5. The summed E-state index contributed by atoms with van der Waals surface area (Å²) in [5, 5.41) is 3.52. The molecule has 0 bridgehead atoms. The molecule has 2 radical (unpaired) electrons. The van der Waals surface area contributed by atoms with E-state index in [4.69, 9.17) is 11.4 Å². The molecule has 0 aliphatic heterocycles. The van der Waals surface area contributed by atoms with Gasteiger partial charge in [0.15, 0.2) is 0 Å². The van der Waals surface area contributed by atoms with Gasteiger partial charge in [-0.2, -0.15) is 0 Å². The highest BCUT2D eigenvalue weighted by molar-refractivity contribution is 5.21. The summed E-state index contributed by atoms with van der Waals surface area (Å²) in [6.45, 7) is 9.04. The molecule has 0 saturated carbocycles. The molecule has 8 heavy (non-hydrogen) atoms. The third kappa shape index (κ3) is 0.619. The van der Waals surface area contributed by atoms with Gasteiger partial charge in [0.05, 0.1) is 5.69 Å². The lowest BCUT2D eigenvalue weighted by molar-refractivity contribution is 0.394. The third-order valence-electron chi connectivity index (χ3n) is 1.19. The van der Waals surface area contributed by atoms with Crippen LogP contribution in [0, 0.1) is 20.8 Å². The lowest BCUT2D eigenvalue weighted by atomic mass is 10.2. The van der Waals surface area contributed by atoms with E-state index in [2.05, 4.69) is 5.16 Å². The monoisotopic (exact) mass is 109 g/mol. The van der Waals surface area contributed by atoms with Crippen LogP contribution in [-0.2, 0) is 0 Å². The first-order valence-electron chi connectivity index (χ1n) is 2.40. The van der Waals surface area contributed by atoms with E-state index < -0.39 is 0 Å². The molecule has 0 fully saturated rings. The molecular formula is C6H7NO. The normalized spacial score (nSPS) is 9.88. The average Bonchev–Trinajstić information content (AvgIpc) is 1.98. The molecule has 0 amide bonds. The molecule has 0 aromatic carbocycles. The average molecular weight is 109 g/mol. The molecule has 0 aliphatic rings. The van der Waals surface area contributed by atoms with Crippen molar-refractivity contribution in [1.29, 1.82) is 0 Å². The van der Waals surface area contributed by atoms with Crippen molar-refractivity contribution in [2.45, 2.75) is 13.8 Å². The number of hydrogen-bond donors (Lipinski definition) is 0. The van der Waals surface area contributed by atoms with Crippen molar-refractivity contribution < 1.29 is 4.52 Å². The molecule has 0 spiro atoms.